The summed E-state index contributed by atoms with van der Waals surface area (Å²) in [5, 5.41) is 0. The molecule has 1 aliphatic carbocycles. The van der Waals surface area contributed by atoms with Gasteiger partial charge < -0.3 is 0 Å². The fraction of sp³-hybridized carbons (Fsp3) is 0.867. The minimum atomic E-state index is 0.963. The minimum absolute atomic E-state index is 0.963. The lowest BCUT2D eigenvalue weighted by Crippen LogP contribution is -2.19. The van der Waals surface area contributed by atoms with E-state index in [4.69, 9.17) is 0 Å². The van der Waals surface area contributed by atoms with Crippen LogP contribution in [0.1, 0.15) is 152 Å². The van der Waals surface area contributed by atoms with Gasteiger partial charge in [-0.15, -0.1) is 13.2 Å². The highest BCUT2D eigenvalue weighted by Crippen LogP contribution is 2.36. The van der Waals surface area contributed by atoms with E-state index in [9.17, 15) is 0 Å². The fourth-order valence-corrected chi connectivity index (χ4v) is 4.56. The summed E-state index contributed by atoms with van der Waals surface area (Å²) in [4.78, 5) is 0. The second-order valence-corrected chi connectivity index (χ2v) is 9.24. The minimum Gasteiger partial charge on any atom is -0.103 e. The zero-order valence-corrected chi connectivity index (χ0v) is 22.8. The fourth-order valence-electron chi connectivity index (χ4n) is 4.56. The summed E-state index contributed by atoms with van der Waals surface area (Å²) in [6.07, 6.45) is 23.1. The van der Waals surface area contributed by atoms with Crippen molar-refractivity contribution in [3.8, 4) is 0 Å². The predicted octanol–water partition coefficient (Wildman–Crippen LogP) is 11.6. The monoisotopic (exact) mass is 422 g/mol. The molecule has 0 aromatic carbocycles. The SMILES string of the molecule is C=C(C)CCCCCC1CCCCC1CCC.C=CC.CC.CCCC(C)CCC. The average Bonchev–Trinajstić information content (AvgIpc) is 2.72. The Labute approximate surface area is 194 Å². The zero-order chi connectivity index (χ0) is 23.6. The van der Waals surface area contributed by atoms with Crippen LogP contribution < -0.4 is 0 Å². The van der Waals surface area contributed by atoms with E-state index in [0.29, 0.717) is 0 Å². The van der Waals surface area contributed by atoms with Crippen LogP contribution in [0.5, 0.6) is 0 Å². The first-order valence-corrected chi connectivity index (χ1v) is 13.7. The number of unbranched alkanes of at least 4 members (excludes halogenated alkanes) is 2. The van der Waals surface area contributed by atoms with Crippen LogP contribution in [-0.2, 0) is 0 Å². The lowest BCUT2D eigenvalue weighted by atomic mass is 9.75. The van der Waals surface area contributed by atoms with Crippen LogP contribution in [-0.4, -0.2) is 0 Å². The van der Waals surface area contributed by atoms with Gasteiger partial charge in [-0.05, 0) is 44.4 Å². The maximum absolute atomic E-state index is 3.98. The zero-order valence-electron chi connectivity index (χ0n) is 22.8. The van der Waals surface area contributed by atoms with Crippen molar-refractivity contribution in [3.05, 3.63) is 24.8 Å². The number of allylic oxidation sites excluding steroid dienone is 2. The molecule has 0 aromatic heterocycles. The smallest absolute Gasteiger partial charge is 0.0326 e. The van der Waals surface area contributed by atoms with E-state index in [0.717, 1.165) is 17.8 Å². The van der Waals surface area contributed by atoms with E-state index in [1.54, 1.807) is 6.08 Å². The second kappa shape index (κ2) is 28.5. The highest BCUT2D eigenvalue weighted by atomic mass is 14.3. The average molecular weight is 423 g/mol. The quantitative estimate of drug-likeness (QED) is 0.216. The molecule has 0 N–H and O–H groups in total. The first-order chi connectivity index (χ1) is 14.5. The molecule has 0 radical (unpaired) electrons. The highest BCUT2D eigenvalue weighted by molar-refractivity contribution is 4.87. The van der Waals surface area contributed by atoms with Crippen LogP contribution in [0.25, 0.3) is 0 Å². The van der Waals surface area contributed by atoms with Crippen LogP contribution in [0.15, 0.2) is 24.8 Å². The Morgan fingerprint density at radius 1 is 0.867 bits per heavy atom. The Kier molecular flexibility index (Phi) is 32.4. The van der Waals surface area contributed by atoms with Crippen molar-refractivity contribution in [1.82, 2.24) is 0 Å². The third kappa shape index (κ3) is 25.5. The van der Waals surface area contributed by atoms with E-state index >= 15 is 0 Å². The summed E-state index contributed by atoms with van der Waals surface area (Å²) in [5.41, 5.74) is 1.35. The van der Waals surface area contributed by atoms with E-state index in [1.807, 2.05) is 20.8 Å². The molecule has 0 bridgehead atoms. The number of hydrogen-bond donors (Lipinski definition) is 0. The molecule has 1 fully saturated rings. The predicted molar refractivity (Wildman–Crippen MR) is 144 cm³/mol. The molecule has 1 aliphatic rings. The van der Waals surface area contributed by atoms with Crippen molar-refractivity contribution >= 4 is 0 Å². The first-order valence-electron chi connectivity index (χ1n) is 13.7. The molecule has 0 saturated heterocycles. The van der Waals surface area contributed by atoms with Crippen molar-refractivity contribution in [1.29, 1.82) is 0 Å². The normalized spacial score (nSPS) is 17.5. The van der Waals surface area contributed by atoms with Gasteiger partial charge in [-0.1, -0.05) is 137 Å². The summed E-state index contributed by atoms with van der Waals surface area (Å²) in [6, 6.07) is 0. The molecule has 0 amide bonds. The lowest BCUT2D eigenvalue weighted by Gasteiger charge is -2.31. The highest BCUT2D eigenvalue weighted by Gasteiger charge is 2.23. The third-order valence-electron chi connectivity index (χ3n) is 5.97. The van der Waals surface area contributed by atoms with E-state index in [-0.39, 0.29) is 0 Å². The van der Waals surface area contributed by atoms with Crippen LogP contribution in [0.2, 0.25) is 0 Å². The van der Waals surface area contributed by atoms with E-state index in [1.165, 1.54) is 102 Å². The molecule has 0 heterocycles. The van der Waals surface area contributed by atoms with Gasteiger partial charge in [-0.2, -0.15) is 0 Å². The van der Waals surface area contributed by atoms with Gasteiger partial charge in [-0.25, -0.2) is 0 Å². The van der Waals surface area contributed by atoms with Gasteiger partial charge in [0.05, 0.1) is 0 Å². The summed E-state index contributed by atoms with van der Waals surface area (Å²) in [6.45, 7) is 24.6. The first kappa shape index (κ1) is 34.1. The summed E-state index contributed by atoms with van der Waals surface area (Å²) >= 11 is 0. The van der Waals surface area contributed by atoms with Gasteiger partial charge in [-0.3, -0.25) is 0 Å². The number of rotatable bonds is 12. The Bertz CT molecular complexity index is 319. The second-order valence-electron chi connectivity index (χ2n) is 9.24. The molecule has 30 heavy (non-hydrogen) atoms. The van der Waals surface area contributed by atoms with Gasteiger partial charge in [0, 0.05) is 0 Å². The summed E-state index contributed by atoms with van der Waals surface area (Å²) in [5.74, 6) is 3.09. The van der Waals surface area contributed by atoms with E-state index < -0.39 is 0 Å². The van der Waals surface area contributed by atoms with Gasteiger partial charge in [0.1, 0.15) is 0 Å². The molecule has 0 spiro atoms. The maximum atomic E-state index is 3.98. The molecule has 0 aromatic rings. The molecular weight excluding hydrogens is 360 g/mol. The molecule has 0 nitrogen and oxygen atoms in total. The number of hydrogen-bond acceptors (Lipinski definition) is 0. The van der Waals surface area contributed by atoms with Crippen molar-refractivity contribution in [2.45, 2.75) is 152 Å². The molecular formula is C30H62. The van der Waals surface area contributed by atoms with Crippen molar-refractivity contribution in [3.63, 3.8) is 0 Å². The van der Waals surface area contributed by atoms with Gasteiger partial charge in [0.25, 0.3) is 0 Å². The molecule has 0 heteroatoms. The maximum Gasteiger partial charge on any atom is -0.0326 e. The molecule has 182 valence electrons. The lowest BCUT2D eigenvalue weighted by molar-refractivity contribution is 0.205. The van der Waals surface area contributed by atoms with Gasteiger partial charge in [0.15, 0.2) is 0 Å². The molecule has 2 atom stereocenters. The Morgan fingerprint density at radius 2 is 1.33 bits per heavy atom. The van der Waals surface area contributed by atoms with Crippen LogP contribution >= 0.6 is 0 Å². The van der Waals surface area contributed by atoms with Crippen LogP contribution in [0.4, 0.5) is 0 Å². The van der Waals surface area contributed by atoms with Gasteiger partial charge >= 0.3 is 0 Å². The summed E-state index contributed by atoms with van der Waals surface area (Å²) < 4.78 is 0. The van der Waals surface area contributed by atoms with Crippen LogP contribution in [0, 0.1) is 17.8 Å². The molecule has 1 saturated carbocycles. The van der Waals surface area contributed by atoms with Crippen LogP contribution in [0.3, 0.4) is 0 Å². The van der Waals surface area contributed by atoms with Crippen molar-refractivity contribution in [2.75, 3.05) is 0 Å². The summed E-state index contributed by atoms with van der Waals surface area (Å²) in [7, 11) is 0. The topological polar surface area (TPSA) is 0 Å². The van der Waals surface area contributed by atoms with Crippen molar-refractivity contribution < 1.29 is 0 Å². The Hall–Kier alpha value is -0.520. The standard InChI is InChI=1S/C17H32.C8H18.C3H6.C2H6/c1-4-10-16-13-8-9-14-17(16)12-7-5-6-11-15(2)3;1-4-6-8(3)7-5-2;1-3-2;1-2/h16-17H,2,4-14H2,1,3H3;8H,4-7H2,1-3H3;3H,1H2,2H3;1-2H3. The largest absolute Gasteiger partial charge is 0.103 e. The third-order valence-corrected chi connectivity index (χ3v) is 5.97. The van der Waals surface area contributed by atoms with Gasteiger partial charge in [0.2, 0.25) is 0 Å². The van der Waals surface area contributed by atoms with E-state index in [2.05, 4.69) is 47.8 Å². The molecule has 0 aliphatic heterocycles. The Morgan fingerprint density at radius 3 is 1.73 bits per heavy atom. The molecule has 2 unspecified atom stereocenters. The van der Waals surface area contributed by atoms with Crippen molar-refractivity contribution in [2.24, 2.45) is 17.8 Å². The Balaban J connectivity index is -0.000000469. The molecule has 1 rings (SSSR count).